The molecule has 0 saturated carbocycles. The number of rotatable bonds is 3. The summed E-state index contributed by atoms with van der Waals surface area (Å²) >= 11 is 0. The van der Waals surface area contributed by atoms with Crippen LogP contribution < -0.4 is 0 Å². The average Bonchev–Trinajstić information content (AvgIpc) is 2.87. The summed E-state index contributed by atoms with van der Waals surface area (Å²) in [6, 6.07) is 18.0. The van der Waals surface area contributed by atoms with Crippen molar-refractivity contribution in [1.82, 2.24) is 14.7 Å². The van der Waals surface area contributed by atoms with Crippen LogP contribution in [0.25, 0.3) is 22.2 Å². The number of amides is 1. The van der Waals surface area contributed by atoms with Crippen molar-refractivity contribution in [2.24, 2.45) is 0 Å². The van der Waals surface area contributed by atoms with Gasteiger partial charge in [0, 0.05) is 25.0 Å². The van der Waals surface area contributed by atoms with Crippen molar-refractivity contribution in [2.45, 2.75) is 6.54 Å². The van der Waals surface area contributed by atoms with E-state index < -0.39 is 0 Å². The van der Waals surface area contributed by atoms with Crippen molar-refractivity contribution in [1.29, 1.82) is 0 Å². The Bertz CT molecular complexity index is 775. The van der Waals surface area contributed by atoms with E-state index >= 15 is 0 Å². The summed E-state index contributed by atoms with van der Waals surface area (Å²) in [5, 5.41) is 5.72. The number of aromatic nitrogens is 2. The summed E-state index contributed by atoms with van der Waals surface area (Å²) in [5.41, 5.74) is 2.95. The highest BCUT2D eigenvalue weighted by atomic mass is 16.2. The highest BCUT2D eigenvalue weighted by molar-refractivity contribution is 5.94. The van der Waals surface area contributed by atoms with E-state index in [-0.39, 0.29) is 12.5 Å². The first-order chi connectivity index (χ1) is 10.2. The topological polar surface area (TPSA) is 38.1 Å². The minimum atomic E-state index is 0.0304. The third-order valence-electron chi connectivity index (χ3n) is 3.49. The molecule has 21 heavy (non-hydrogen) atoms. The second-order valence-electron chi connectivity index (χ2n) is 5.18. The van der Waals surface area contributed by atoms with Crippen molar-refractivity contribution >= 4 is 16.8 Å². The van der Waals surface area contributed by atoms with Gasteiger partial charge < -0.3 is 4.90 Å². The first-order valence-corrected chi connectivity index (χ1v) is 6.88. The largest absolute Gasteiger partial charge is 0.347 e. The molecule has 1 heterocycles. The van der Waals surface area contributed by atoms with Crippen molar-refractivity contribution in [3.63, 3.8) is 0 Å². The first-order valence-electron chi connectivity index (χ1n) is 6.88. The van der Waals surface area contributed by atoms with Crippen LogP contribution in [0.4, 0.5) is 0 Å². The quantitative estimate of drug-likeness (QED) is 0.739. The third-order valence-corrected chi connectivity index (χ3v) is 3.49. The van der Waals surface area contributed by atoms with Crippen LogP contribution in [0.15, 0.2) is 54.6 Å². The lowest BCUT2D eigenvalue weighted by atomic mass is 10.1. The van der Waals surface area contributed by atoms with E-state index in [0.29, 0.717) is 0 Å². The second-order valence-corrected chi connectivity index (χ2v) is 5.18. The Hall–Kier alpha value is -2.62. The summed E-state index contributed by atoms with van der Waals surface area (Å²) < 4.78 is 1.78. The molecule has 4 heteroatoms. The highest BCUT2D eigenvalue weighted by Crippen LogP contribution is 2.27. The van der Waals surface area contributed by atoms with E-state index in [4.69, 9.17) is 0 Å². The van der Waals surface area contributed by atoms with Gasteiger partial charge >= 0.3 is 0 Å². The Morgan fingerprint density at radius 3 is 2.43 bits per heavy atom. The number of para-hydroxylation sites is 1. The number of likely N-dealkylation sites (N-methyl/N-ethyl adjacent to an activating group) is 1. The maximum atomic E-state index is 12.0. The molecule has 0 radical (unpaired) electrons. The molecule has 0 aliphatic heterocycles. The zero-order chi connectivity index (χ0) is 14.8. The standard InChI is InChI=1S/C17H17N3O/c1-19(2)16(21)12-20-15-11-7-6-10-14(15)17(18-20)13-8-4-3-5-9-13/h3-11H,12H2,1-2H3. The molecule has 0 fully saturated rings. The van der Waals surface area contributed by atoms with Crippen LogP contribution in [-0.2, 0) is 11.3 Å². The molecule has 4 nitrogen and oxygen atoms in total. The Morgan fingerprint density at radius 1 is 1.05 bits per heavy atom. The van der Waals surface area contributed by atoms with Gasteiger partial charge in [0.05, 0.1) is 5.52 Å². The fraction of sp³-hybridized carbons (Fsp3) is 0.176. The molecule has 1 aromatic heterocycles. The van der Waals surface area contributed by atoms with Crippen molar-refractivity contribution < 1.29 is 4.79 Å². The highest BCUT2D eigenvalue weighted by Gasteiger charge is 2.14. The number of hydrogen-bond acceptors (Lipinski definition) is 2. The van der Waals surface area contributed by atoms with E-state index in [1.165, 1.54) is 0 Å². The smallest absolute Gasteiger partial charge is 0.243 e. The summed E-state index contributed by atoms with van der Waals surface area (Å²) in [5.74, 6) is 0.0304. The minimum Gasteiger partial charge on any atom is -0.347 e. The summed E-state index contributed by atoms with van der Waals surface area (Å²) in [6.07, 6.45) is 0. The fourth-order valence-corrected chi connectivity index (χ4v) is 2.33. The molecular formula is C17H17N3O. The second kappa shape index (κ2) is 5.40. The van der Waals surface area contributed by atoms with Gasteiger partial charge in [-0.15, -0.1) is 0 Å². The lowest BCUT2D eigenvalue weighted by Crippen LogP contribution is -2.26. The number of nitrogens with zero attached hydrogens (tertiary/aromatic N) is 3. The molecule has 106 valence electrons. The molecule has 0 N–H and O–H groups in total. The fourth-order valence-electron chi connectivity index (χ4n) is 2.33. The Morgan fingerprint density at radius 2 is 1.71 bits per heavy atom. The molecular weight excluding hydrogens is 262 g/mol. The van der Waals surface area contributed by atoms with Crippen LogP contribution in [0.1, 0.15) is 0 Å². The number of hydrogen-bond donors (Lipinski definition) is 0. The summed E-state index contributed by atoms with van der Waals surface area (Å²) in [7, 11) is 3.51. The van der Waals surface area contributed by atoms with Crippen LogP contribution in [0.3, 0.4) is 0 Å². The van der Waals surface area contributed by atoms with Crippen LogP contribution in [-0.4, -0.2) is 34.7 Å². The van der Waals surface area contributed by atoms with Gasteiger partial charge in [0.2, 0.25) is 5.91 Å². The number of carbonyl (C=O) groups is 1. The van der Waals surface area contributed by atoms with Crippen LogP contribution in [0.5, 0.6) is 0 Å². The number of carbonyl (C=O) groups excluding carboxylic acids is 1. The van der Waals surface area contributed by atoms with E-state index in [1.54, 1.807) is 23.7 Å². The molecule has 0 aliphatic carbocycles. The molecule has 2 aromatic carbocycles. The zero-order valence-electron chi connectivity index (χ0n) is 12.2. The predicted octanol–water partition coefficient (Wildman–Crippen LogP) is 2.79. The van der Waals surface area contributed by atoms with Crippen LogP contribution in [0.2, 0.25) is 0 Å². The van der Waals surface area contributed by atoms with Gasteiger partial charge in [-0.2, -0.15) is 5.10 Å². The molecule has 3 aromatic rings. The molecule has 0 bridgehead atoms. The van der Waals surface area contributed by atoms with E-state index in [1.807, 2.05) is 54.6 Å². The van der Waals surface area contributed by atoms with Gasteiger partial charge in [-0.3, -0.25) is 9.48 Å². The maximum Gasteiger partial charge on any atom is 0.243 e. The lowest BCUT2D eigenvalue weighted by molar-refractivity contribution is -0.129. The van der Waals surface area contributed by atoms with Gasteiger partial charge in [0.25, 0.3) is 0 Å². The molecule has 3 rings (SSSR count). The van der Waals surface area contributed by atoms with Gasteiger partial charge in [-0.1, -0.05) is 48.5 Å². The Balaban J connectivity index is 2.13. The third kappa shape index (κ3) is 2.52. The normalized spacial score (nSPS) is 10.8. The van der Waals surface area contributed by atoms with Crippen LogP contribution in [0, 0.1) is 0 Å². The van der Waals surface area contributed by atoms with Crippen LogP contribution >= 0.6 is 0 Å². The van der Waals surface area contributed by atoms with Crippen molar-refractivity contribution in [2.75, 3.05) is 14.1 Å². The number of fused-ring (bicyclic) bond motifs is 1. The van der Waals surface area contributed by atoms with Gasteiger partial charge in [-0.25, -0.2) is 0 Å². The Kier molecular flexibility index (Phi) is 3.44. The summed E-state index contributed by atoms with van der Waals surface area (Å²) in [4.78, 5) is 13.5. The molecule has 0 atom stereocenters. The maximum absolute atomic E-state index is 12.0. The van der Waals surface area contributed by atoms with Gasteiger partial charge in [0.15, 0.2) is 0 Å². The molecule has 0 unspecified atom stereocenters. The number of benzene rings is 2. The van der Waals surface area contributed by atoms with E-state index in [9.17, 15) is 4.79 Å². The van der Waals surface area contributed by atoms with Gasteiger partial charge in [-0.05, 0) is 6.07 Å². The van der Waals surface area contributed by atoms with E-state index in [2.05, 4.69) is 5.10 Å². The minimum absolute atomic E-state index is 0.0304. The SMILES string of the molecule is CN(C)C(=O)Cn1nc(-c2ccccc2)c2ccccc21. The average molecular weight is 279 g/mol. The van der Waals surface area contributed by atoms with Gasteiger partial charge in [0.1, 0.15) is 12.2 Å². The lowest BCUT2D eigenvalue weighted by Gasteiger charge is -2.10. The molecule has 0 aliphatic rings. The monoisotopic (exact) mass is 279 g/mol. The van der Waals surface area contributed by atoms with Crippen molar-refractivity contribution in [3.05, 3.63) is 54.6 Å². The summed E-state index contributed by atoms with van der Waals surface area (Å²) in [6.45, 7) is 0.250. The Labute approximate surface area is 123 Å². The van der Waals surface area contributed by atoms with Crippen molar-refractivity contribution in [3.8, 4) is 11.3 Å². The molecule has 0 saturated heterocycles. The zero-order valence-corrected chi connectivity index (χ0v) is 12.2. The molecule has 1 amide bonds. The predicted molar refractivity (Wildman–Crippen MR) is 83.9 cm³/mol. The molecule has 0 spiro atoms. The van der Waals surface area contributed by atoms with E-state index in [0.717, 1.165) is 22.2 Å². The first kappa shape index (κ1) is 13.4.